The summed E-state index contributed by atoms with van der Waals surface area (Å²) in [5.41, 5.74) is 0.374. The summed E-state index contributed by atoms with van der Waals surface area (Å²) in [6, 6.07) is 6.74. The molecule has 2 aromatic rings. The average molecular weight is 418 g/mol. The van der Waals surface area contributed by atoms with Crippen LogP contribution in [0.2, 0.25) is 0 Å². The van der Waals surface area contributed by atoms with Gasteiger partial charge in [0.2, 0.25) is 5.91 Å². The average Bonchev–Trinajstić information content (AvgIpc) is 3.25. The molecule has 1 saturated heterocycles. The Morgan fingerprint density at radius 1 is 1.23 bits per heavy atom. The Balaban J connectivity index is 1.51. The number of carbonyl (C=O) groups is 1. The molecule has 0 saturated carbocycles. The first kappa shape index (κ1) is 22.4. The van der Waals surface area contributed by atoms with Crippen LogP contribution in [0.5, 0.6) is 0 Å². The van der Waals surface area contributed by atoms with Crippen LogP contribution in [0.15, 0.2) is 34.9 Å². The molecule has 1 unspecified atom stereocenters. The van der Waals surface area contributed by atoms with Crippen molar-refractivity contribution in [3.63, 3.8) is 0 Å². The Labute approximate surface area is 177 Å². The number of ether oxygens (including phenoxy) is 1. The molecule has 0 spiro atoms. The Bertz CT molecular complexity index is 800. The van der Waals surface area contributed by atoms with Gasteiger partial charge in [0.05, 0.1) is 25.0 Å². The lowest BCUT2D eigenvalue weighted by Gasteiger charge is -2.38. The third-order valence-corrected chi connectivity index (χ3v) is 5.87. The fourth-order valence-corrected chi connectivity index (χ4v) is 4.07. The number of aryl methyl sites for hydroxylation is 1. The van der Waals surface area contributed by atoms with Crippen LogP contribution in [0.1, 0.15) is 39.0 Å². The van der Waals surface area contributed by atoms with Gasteiger partial charge >= 0.3 is 0 Å². The van der Waals surface area contributed by atoms with Gasteiger partial charge in [0.25, 0.3) is 0 Å². The lowest BCUT2D eigenvalue weighted by Crippen LogP contribution is -2.52. The van der Waals surface area contributed by atoms with Crippen molar-refractivity contribution in [1.82, 2.24) is 15.2 Å². The van der Waals surface area contributed by atoms with Crippen molar-refractivity contribution in [3.05, 3.63) is 42.2 Å². The molecule has 1 aromatic carbocycles. The summed E-state index contributed by atoms with van der Waals surface area (Å²) in [5, 5.41) is 3.10. The first-order valence-electron chi connectivity index (χ1n) is 10.9. The first-order valence-corrected chi connectivity index (χ1v) is 10.9. The quantitative estimate of drug-likeness (QED) is 0.639. The van der Waals surface area contributed by atoms with Gasteiger partial charge in [-0.15, -0.1) is 0 Å². The zero-order valence-corrected chi connectivity index (χ0v) is 17.9. The molecular formula is C23H32FN3O3. The van der Waals surface area contributed by atoms with E-state index >= 15 is 0 Å². The van der Waals surface area contributed by atoms with Gasteiger partial charge < -0.3 is 14.5 Å². The highest BCUT2D eigenvalue weighted by Gasteiger charge is 2.27. The maximum atomic E-state index is 13.9. The van der Waals surface area contributed by atoms with E-state index in [9.17, 15) is 9.18 Å². The summed E-state index contributed by atoms with van der Waals surface area (Å²) in [5.74, 6) is 0.981. The summed E-state index contributed by atoms with van der Waals surface area (Å²) in [6.45, 7) is 8.37. The Morgan fingerprint density at radius 3 is 2.67 bits per heavy atom. The zero-order valence-electron chi connectivity index (χ0n) is 17.9. The molecule has 1 N–H and O–H groups in total. The normalized spacial score (nSPS) is 16.0. The summed E-state index contributed by atoms with van der Waals surface area (Å²) < 4.78 is 25.0. The van der Waals surface area contributed by atoms with E-state index in [4.69, 9.17) is 9.15 Å². The van der Waals surface area contributed by atoms with Crippen molar-refractivity contribution in [2.24, 2.45) is 5.92 Å². The van der Waals surface area contributed by atoms with Crippen molar-refractivity contribution < 1.29 is 18.3 Å². The summed E-state index contributed by atoms with van der Waals surface area (Å²) in [4.78, 5) is 19.1. The topological polar surface area (TPSA) is 67.6 Å². The second-order valence-electron chi connectivity index (χ2n) is 7.69. The maximum Gasteiger partial charge on any atom is 0.220 e. The Kier molecular flexibility index (Phi) is 8.39. The van der Waals surface area contributed by atoms with Gasteiger partial charge in [-0.25, -0.2) is 9.37 Å². The lowest BCUT2D eigenvalue weighted by atomic mass is 9.92. The molecular weight excluding hydrogens is 385 g/mol. The van der Waals surface area contributed by atoms with E-state index in [1.807, 2.05) is 0 Å². The molecule has 1 amide bonds. The predicted octanol–water partition coefficient (Wildman–Crippen LogP) is 3.67. The van der Waals surface area contributed by atoms with E-state index in [2.05, 4.69) is 29.0 Å². The van der Waals surface area contributed by atoms with Crippen LogP contribution in [-0.4, -0.2) is 54.7 Å². The van der Waals surface area contributed by atoms with Gasteiger partial charge in [-0.05, 0) is 18.1 Å². The highest BCUT2D eigenvalue weighted by atomic mass is 19.1. The monoisotopic (exact) mass is 417 g/mol. The third-order valence-electron chi connectivity index (χ3n) is 5.87. The number of rotatable bonds is 10. The smallest absolute Gasteiger partial charge is 0.220 e. The van der Waals surface area contributed by atoms with E-state index in [1.54, 1.807) is 18.2 Å². The van der Waals surface area contributed by atoms with E-state index < -0.39 is 0 Å². The number of amides is 1. The van der Waals surface area contributed by atoms with Crippen molar-refractivity contribution in [3.8, 4) is 11.3 Å². The molecule has 3 rings (SSSR count). The molecule has 1 aliphatic rings. The zero-order chi connectivity index (χ0) is 21.3. The molecule has 1 fully saturated rings. The van der Waals surface area contributed by atoms with Crippen LogP contribution in [0.3, 0.4) is 0 Å². The molecule has 0 bridgehead atoms. The number of aromatic nitrogens is 1. The minimum atomic E-state index is -0.353. The fourth-order valence-electron chi connectivity index (χ4n) is 4.07. The highest BCUT2D eigenvalue weighted by Crippen LogP contribution is 2.24. The van der Waals surface area contributed by atoms with Crippen LogP contribution in [0.25, 0.3) is 11.3 Å². The van der Waals surface area contributed by atoms with Gasteiger partial charge in [-0.3, -0.25) is 9.69 Å². The van der Waals surface area contributed by atoms with Crippen molar-refractivity contribution in [2.45, 2.75) is 45.6 Å². The lowest BCUT2D eigenvalue weighted by molar-refractivity contribution is -0.121. The summed E-state index contributed by atoms with van der Waals surface area (Å²) >= 11 is 0. The minimum absolute atomic E-state index is 0.0233. The van der Waals surface area contributed by atoms with Crippen molar-refractivity contribution in [1.29, 1.82) is 0 Å². The van der Waals surface area contributed by atoms with Crippen LogP contribution in [0.4, 0.5) is 4.39 Å². The van der Waals surface area contributed by atoms with E-state index in [1.165, 1.54) is 12.3 Å². The van der Waals surface area contributed by atoms with E-state index in [0.29, 0.717) is 42.1 Å². The van der Waals surface area contributed by atoms with Crippen LogP contribution in [0, 0.1) is 11.7 Å². The van der Waals surface area contributed by atoms with Gasteiger partial charge in [-0.2, -0.15) is 0 Å². The highest BCUT2D eigenvalue weighted by molar-refractivity contribution is 5.76. The van der Waals surface area contributed by atoms with Crippen LogP contribution in [-0.2, 0) is 16.0 Å². The number of nitrogens with one attached hydrogen (secondary N) is 1. The number of hydrogen-bond acceptors (Lipinski definition) is 5. The standard InChI is InChI=1S/C23H32FN3O3/c1-3-17(4-2)20(27-11-13-29-14-12-27)15-25-22(28)9-10-23-26-16-21(30-23)18-7-5-6-8-19(18)24/h5-8,16-17,20H,3-4,9-15H2,1-2H3,(H,25,28). The Morgan fingerprint density at radius 2 is 1.97 bits per heavy atom. The number of carbonyl (C=O) groups excluding carboxylic acids is 1. The number of nitrogens with zero attached hydrogens (tertiary/aromatic N) is 2. The molecule has 1 aliphatic heterocycles. The summed E-state index contributed by atoms with van der Waals surface area (Å²) in [6.07, 6.45) is 4.35. The molecule has 1 atom stereocenters. The molecule has 164 valence electrons. The first-order chi connectivity index (χ1) is 14.6. The van der Waals surface area contributed by atoms with Crippen molar-refractivity contribution >= 4 is 5.91 Å². The molecule has 7 heteroatoms. The minimum Gasteiger partial charge on any atom is -0.441 e. The molecule has 6 nitrogen and oxygen atoms in total. The SMILES string of the molecule is CCC(CC)C(CNC(=O)CCc1ncc(-c2ccccc2F)o1)N1CCOCC1. The van der Waals surface area contributed by atoms with Crippen molar-refractivity contribution in [2.75, 3.05) is 32.8 Å². The summed E-state index contributed by atoms with van der Waals surface area (Å²) in [7, 11) is 0. The molecule has 0 radical (unpaired) electrons. The molecule has 1 aromatic heterocycles. The molecule has 0 aliphatic carbocycles. The van der Waals surface area contributed by atoms with Gasteiger partial charge in [0, 0.05) is 38.5 Å². The second-order valence-corrected chi connectivity index (χ2v) is 7.69. The number of benzene rings is 1. The number of hydrogen-bond donors (Lipinski definition) is 1. The van der Waals surface area contributed by atoms with E-state index in [-0.39, 0.29) is 18.1 Å². The predicted molar refractivity (Wildman–Crippen MR) is 113 cm³/mol. The molecule has 2 heterocycles. The molecule has 30 heavy (non-hydrogen) atoms. The second kappa shape index (κ2) is 11.2. The van der Waals surface area contributed by atoms with Gasteiger partial charge in [0.1, 0.15) is 5.82 Å². The number of halogens is 1. The number of morpholine rings is 1. The fraction of sp³-hybridized carbons (Fsp3) is 0.565. The third kappa shape index (κ3) is 5.89. The largest absolute Gasteiger partial charge is 0.441 e. The Hall–Kier alpha value is -2.25. The van der Waals surface area contributed by atoms with E-state index in [0.717, 1.165) is 39.1 Å². The van der Waals surface area contributed by atoms with Crippen LogP contribution >= 0.6 is 0 Å². The van der Waals surface area contributed by atoms with Crippen LogP contribution < -0.4 is 5.32 Å². The van der Waals surface area contributed by atoms with Gasteiger partial charge in [-0.1, -0.05) is 38.8 Å². The maximum absolute atomic E-state index is 13.9. The number of oxazole rings is 1. The van der Waals surface area contributed by atoms with Gasteiger partial charge in [0.15, 0.2) is 11.7 Å².